The third kappa shape index (κ3) is 3.21. The summed E-state index contributed by atoms with van der Waals surface area (Å²) < 4.78 is 0. The number of pyridine rings is 1. The molecule has 2 heterocycles. The number of carbonyl (C=O) groups excluding carboxylic acids is 1. The first-order chi connectivity index (χ1) is 10.2. The third-order valence-corrected chi connectivity index (χ3v) is 3.79. The quantitative estimate of drug-likeness (QED) is 0.814. The predicted octanol–water partition coefficient (Wildman–Crippen LogP) is 2.28. The molecular formula is C15H15ClN4O. The van der Waals surface area contributed by atoms with Crippen molar-refractivity contribution in [1.29, 1.82) is 0 Å². The Labute approximate surface area is 127 Å². The molecule has 1 aromatic heterocycles. The smallest absolute Gasteiger partial charge is 0.242 e. The van der Waals surface area contributed by atoms with Gasteiger partial charge in [-0.2, -0.15) is 0 Å². The minimum atomic E-state index is -0.306. The molecule has 2 unspecified atom stereocenters. The van der Waals surface area contributed by atoms with Crippen molar-refractivity contribution in [2.24, 2.45) is 0 Å². The number of hydrazine groups is 1. The standard InChI is InChI=1S/C15H15ClN4O/c16-11-3-1-2-4-12(11)18-15(21)14-9-13(19-20-14)10-5-7-17-8-6-10/h1-8,13-14,19-20H,9H2,(H,18,21). The van der Waals surface area contributed by atoms with Crippen LogP contribution in [0.3, 0.4) is 0 Å². The van der Waals surface area contributed by atoms with Crippen LogP contribution < -0.4 is 16.2 Å². The molecule has 2 atom stereocenters. The lowest BCUT2D eigenvalue weighted by molar-refractivity contribution is -0.117. The first-order valence-electron chi connectivity index (χ1n) is 6.70. The van der Waals surface area contributed by atoms with Gasteiger partial charge in [0.2, 0.25) is 5.91 Å². The van der Waals surface area contributed by atoms with Crippen LogP contribution in [0.1, 0.15) is 18.0 Å². The molecule has 0 aliphatic carbocycles. The van der Waals surface area contributed by atoms with Crippen molar-refractivity contribution in [2.45, 2.75) is 18.5 Å². The molecule has 108 valence electrons. The molecule has 1 aromatic carbocycles. The molecule has 0 bridgehead atoms. The summed E-state index contributed by atoms with van der Waals surface area (Å²) >= 11 is 6.04. The molecule has 3 N–H and O–H groups in total. The number of halogens is 1. The number of hydrogen-bond acceptors (Lipinski definition) is 4. The van der Waals surface area contributed by atoms with Crippen molar-refractivity contribution in [3.05, 3.63) is 59.4 Å². The van der Waals surface area contributed by atoms with Crippen LogP contribution in [0.25, 0.3) is 0 Å². The van der Waals surface area contributed by atoms with Crippen molar-refractivity contribution in [1.82, 2.24) is 15.8 Å². The summed E-state index contributed by atoms with van der Waals surface area (Å²) in [5, 5.41) is 3.37. The summed E-state index contributed by atoms with van der Waals surface area (Å²) in [6.07, 6.45) is 4.16. The number of amides is 1. The second kappa shape index (κ2) is 6.22. The highest BCUT2D eigenvalue weighted by Gasteiger charge is 2.30. The van der Waals surface area contributed by atoms with Gasteiger partial charge in [-0.25, -0.2) is 10.9 Å². The van der Waals surface area contributed by atoms with E-state index >= 15 is 0 Å². The molecule has 1 amide bonds. The maximum absolute atomic E-state index is 12.3. The number of nitrogens with zero attached hydrogens (tertiary/aromatic N) is 1. The molecule has 1 fully saturated rings. The highest BCUT2D eigenvalue weighted by molar-refractivity contribution is 6.33. The van der Waals surface area contributed by atoms with E-state index in [1.165, 1.54) is 0 Å². The third-order valence-electron chi connectivity index (χ3n) is 3.46. The van der Waals surface area contributed by atoms with Gasteiger partial charge >= 0.3 is 0 Å². The summed E-state index contributed by atoms with van der Waals surface area (Å²) in [5.74, 6) is -0.104. The van der Waals surface area contributed by atoms with E-state index in [4.69, 9.17) is 11.6 Å². The molecule has 0 radical (unpaired) electrons. The second-order valence-corrected chi connectivity index (χ2v) is 5.29. The van der Waals surface area contributed by atoms with E-state index in [2.05, 4.69) is 21.2 Å². The fourth-order valence-electron chi connectivity index (χ4n) is 2.32. The summed E-state index contributed by atoms with van der Waals surface area (Å²) in [6.45, 7) is 0. The van der Waals surface area contributed by atoms with Crippen LogP contribution in [0.15, 0.2) is 48.8 Å². The van der Waals surface area contributed by atoms with E-state index in [9.17, 15) is 4.79 Å². The van der Waals surface area contributed by atoms with Crippen LogP contribution in [-0.4, -0.2) is 16.9 Å². The Balaban J connectivity index is 1.64. The molecule has 3 rings (SSSR count). The first-order valence-corrected chi connectivity index (χ1v) is 7.08. The van der Waals surface area contributed by atoms with E-state index in [-0.39, 0.29) is 18.0 Å². The number of carbonyl (C=O) groups is 1. The summed E-state index contributed by atoms with van der Waals surface area (Å²) in [7, 11) is 0. The number of para-hydroxylation sites is 1. The van der Waals surface area contributed by atoms with Gasteiger partial charge in [0, 0.05) is 18.4 Å². The van der Waals surface area contributed by atoms with Crippen molar-refractivity contribution in [3.8, 4) is 0 Å². The molecule has 1 aliphatic heterocycles. The van der Waals surface area contributed by atoms with Crippen molar-refractivity contribution in [2.75, 3.05) is 5.32 Å². The highest BCUT2D eigenvalue weighted by Crippen LogP contribution is 2.24. The van der Waals surface area contributed by atoms with Gasteiger partial charge in [0.25, 0.3) is 0 Å². The minimum absolute atomic E-state index is 0.0926. The van der Waals surface area contributed by atoms with Gasteiger partial charge in [0.05, 0.1) is 10.7 Å². The zero-order valence-electron chi connectivity index (χ0n) is 11.2. The molecule has 21 heavy (non-hydrogen) atoms. The van der Waals surface area contributed by atoms with Gasteiger partial charge < -0.3 is 5.32 Å². The molecule has 1 aliphatic rings. The lowest BCUT2D eigenvalue weighted by atomic mass is 10.0. The van der Waals surface area contributed by atoms with Crippen LogP contribution in [0.4, 0.5) is 5.69 Å². The lowest BCUT2D eigenvalue weighted by Gasteiger charge is -2.11. The molecule has 2 aromatic rings. The fraction of sp³-hybridized carbons (Fsp3) is 0.200. The normalized spacial score (nSPS) is 21.2. The van der Waals surface area contributed by atoms with Gasteiger partial charge in [0.15, 0.2) is 0 Å². The van der Waals surface area contributed by atoms with Crippen LogP contribution in [-0.2, 0) is 4.79 Å². The maximum atomic E-state index is 12.3. The van der Waals surface area contributed by atoms with Crippen molar-refractivity contribution >= 4 is 23.2 Å². The van der Waals surface area contributed by atoms with E-state index in [1.807, 2.05) is 24.3 Å². The lowest BCUT2D eigenvalue weighted by Crippen LogP contribution is -2.39. The van der Waals surface area contributed by atoms with Crippen LogP contribution in [0, 0.1) is 0 Å². The number of benzene rings is 1. The van der Waals surface area contributed by atoms with Crippen LogP contribution in [0.2, 0.25) is 5.02 Å². The monoisotopic (exact) mass is 302 g/mol. The highest BCUT2D eigenvalue weighted by atomic mass is 35.5. The van der Waals surface area contributed by atoms with Crippen molar-refractivity contribution in [3.63, 3.8) is 0 Å². The molecular weight excluding hydrogens is 288 g/mol. The van der Waals surface area contributed by atoms with Gasteiger partial charge in [-0.05, 0) is 36.2 Å². The molecule has 0 spiro atoms. The van der Waals surface area contributed by atoms with E-state index in [0.717, 1.165) is 5.56 Å². The zero-order valence-corrected chi connectivity index (χ0v) is 12.0. The number of aromatic nitrogens is 1. The van der Waals surface area contributed by atoms with Gasteiger partial charge in [0.1, 0.15) is 6.04 Å². The number of hydrogen-bond donors (Lipinski definition) is 3. The Bertz CT molecular complexity index is 635. The Kier molecular flexibility index (Phi) is 4.15. The first kappa shape index (κ1) is 14.0. The molecule has 0 saturated carbocycles. The Hall–Kier alpha value is -1.95. The number of nitrogens with one attached hydrogen (secondary N) is 3. The topological polar surface area (TPSA) is 66.0 Å². The van der Waals surface area contributed by atoms with Gasteiger partial charge in [-0.15, -0.1) is 0 Å². The fourth-order valence-corrected chi connectivity index (χ4v) is 2.51. The Morgan fingerprint density at radius 1 is 1.19 bits per heavy atom. The second-order valence-electron chi connectivity index (χ2n) is 4.88. The minimum Gasteiger partial charge on any atom is -0.323 e. The molecule has 5 nitrogen and oxygen atoms in total. The molecule has 6 heteroatoms. The van der Waals surface area contributed by atoms with Gasteiger partial charge in [-0.3, -0.25) is 9.78 Å². The average Bonchev–Trinajstić information content (AvgIpc) is 3.00. The van der Waals surface area contributed by atoms with Gasteiger partial charge in [-0.1, -0.05) is 23.7 Å². The number of anilines is 1. The number of rotatable bonds is 3. The maximum Gasteiger partial charge on any atom is 0.242 e. The largest absolute Gasteiger partial charge is 0.323 e. The summed E-state index contributed by atoms with van der Waals surface area (Å²) in [4.78, 5) is 16.3. The zero-order chi connectivity index (χ0) is 14.7. The van der Waals surface area contributed by atoms with Crippen LogP contribution >= 0.6 is 11.6 Å². The summed E-state index contributed by atoms with van der Waals surface area (Å²) in [6, 6.07) is 10.9. The molecule has 1 saturated heterocycles. The van der Waals surface area contributed by atoms with E-state index in [0.29, 0.717) is 17.1 Å². The average molecular weight is 303 g/mol. The Morgan fingerprint density at radius 2 is 1.95 bits per heavy atom. The van der Waals surface area contributed by atoms with Crippen LogP contribution in [0.5, 0.6) is 0 Å². The van der Waals surface area contributed by atoms with Crippen molar-refractivity contribution < 1.29 is 4.79 Å². The van der Waals surface area contributed by atoms with E-state index in [1.54, 1.807) is 24.5 Å². The Morgan fingerprint density at radius 3 is 2.71 bits per heavy atom. The SMILES string of the molecule is O=C(Nc1ccccc1Cl)C1CC(c2ccncc2)NN1. The summed E-state index contributed by atoms with van der Waals surface area (Å²) in [5.41, 5.74) is 7.88. The van der Waals surface area contributed by atoms with E-state index < -0.39 is 0 Å². The predicted molar refractivity (Wildman–Crippen MR) is 81.7 cm³/mol.